The second-order valence-corrected chi connectivity index (χ2v) is 5.02. The Bertz CT molecular complexity index is 175. The van der Waals surface area contributed by atoms with Gasteiger partial charge in [-0.1, -0.05) is 13.8 Å². The molecule has 2 heteroatoms. The predicted octanol–water partition coefficient (Wildman–Crippen LogP) is 1.35. The van der Waals surface area contributed by atoms with Gasteiger partial charge in [-0.15, -0.1) is 0 Å². The Morgan fingerprint density at radius 2 is 1.77 bits per heavy atom. The van der Waals surface area contributed by atoms with Gasteiger partial charge in [-0.25, -0.2) is 0 Å². The summed E-state index contributed by atoms with van der Waals surface area (Å²) in [4.78, 5) is 2.42. The van der Waals surface area contributed by atoms with Gasteiger partial charge in [0.2, 0.25) is 0 Å². The van der Waals surface area contributed by atoms with Crippen molar-refractivity contribution >= 4 is 0 Å². The molecule has 1 spiro atoms. The summed E-state index contributed by atoms with van der Waals surface area (Å²) in [5.74, 6) is 1.67. The molecule has 1 saturated heterocycles. The van der Waals surface area contributed by atoms with Crippen molar-refractivity contribution < 1.29 is 5.11 Å². The van der Waals surface area contributed by atoms with E-state index in [1.54, 1.807) is 0 Å². The van der Waals surface area contributed by atoms with Gasteiger partial charge in [0.05, 0.1) is 6.61 Å². The third-order valence-corrected chi connectivity index (χ3v) is 4.27. The molecule has 0 amide bonds. The standard InChI is InChI=1S/C11H21NO/c1-9-7-12(5-6-13)8-10(2)11(9)3-4-11/h9-10,13H,3-8H2,1-2H3. The van der Waals surface area contributed by atoms with E-state index in [-0.39, 0.29) is 0 Å². The fourth-order valence-electron chi connectivity index (χ4n) is 3.15. The molecule has 1 aliphatic carbocycles. The number of likely N-dealkylation sites (tertiary alicyclic amines) is 1. The first kappa shape index (κ1) is 9.47. The smallest absolute Gasteiger partial charge is 0.0558 e. The Balaban J connectivity index is 1.96. The zero-order valence-corrected chi connectivity index (χ0v) is 8.79. The number of hydrogen-bond acceptors (Lipinski definition) is 2. The molecular formula is C11H21NO. The van der Waals surface area contributed by atoms with E-state index in [0.29, 0.717) is 12.0 Å². The quantitative estimate of drug-likeness (QED) is 0.698. The molecule has 2 aliphatic rings. The summed E-state index contributed by atoms with van der Waals surface area (Å²) in [5, 5.41) is 8.90. The lowest BCUT2D eigenvalue weighted by molar-refractivity contribution is 0.0505. The monoisotopic (exact) mass is 183 g/mol. The first-order valence-electron chi connectivity index (χ1n) is 5.52. The van der Waals surface area contributed by atoms with Crippen molar-refractivity contribution in [3.8, 4) is 0 Å². The average molecular weight is 183 g/mol. The van der Waals surface area contributed by atoms with Crippen LogP contribution in [0.25, 0.3) is 0 Å². The lowest BCUT2D eigenvalue weighted by atomic mass is 9.76. The van der Waals surface area contributed by atoms with Crippen molar-refractivity contribution in [2.45, 2.75) is 26.7 Å². The van der Waals surface area contributed by atoms with Crippen LogP contribution in [0.3, 0.4) is 0 Å². The molecule has 1 N–H and O–H groups in total. The summed E-state index contributed by atoms with van der Waals surface area (Å²) in [6, 6.07) is 0. The third-order valence-electron chi connectivity index (χ3n) is 4.27. The highest BCUT2D eigenvalue weighted by atomic mass is 16.3. The maximum atomic E-state index is 8.90. The van der Waals surface area contributed by atoms with Crippen molar-refractivity contribution in [3.05, 3.63) is 0 Å². The van der Waals surface area contributed by atoms with Crippen LogP contribution in [0.5, 0.6) is 0 Å². The summed E-state index contributed by atoms with van der Waals surface area (Å²) in [6.07, 6.45) is 2.89. The van der Waals surface area contributed by atoms with Gasteiger partial charge >= 0.3 is 0 Å². The van der Waals surface area contributed by atoms with Gasteiger partial charge in [0.25, 0.3) is 0 Å². The number of nitrogens with zero attached hydrogens (tertiary/aromatic N) is 1. The lowest BCUT2D eigenvalue weighted by Gasteiger charge is -2.42. The molecule has 2 rings (SSSR count). The third kappa shape index (κ3) is 1.50. The number of aliphatic hydroxyl groups is 1. The zero-order valence-electron chi connectivity index (χ0n) is 8.79. The van der Waals surface area contributed by atoms with E-state index in [0.717, 1.165) is 18.4 Å². The molecule has 13 heavy (non-hydrogen) atoms. The maximum absolute atomic E-state index is 8.90. The van der Waals surface area contributed by atoms with Crippen molar-refractivity contribution in [2.24, 2.45) is 17.3 Å². The van der Waals surface area contributed by atoms with Gasteiger partial charge in [-0.2, -0.15) is 0 Å². The number of β-amino-alcohol motifs (C(OH)–C–C–N with tert-alkyl or cyclic N) is 1. The summed E-state index contributed by atoms with van der Waals surface area (Å²) in [6.45, 7) is 8.34. The predicted molar refractivity (Wildman–Crippen MR) is 53.5 cm³/mol. The van der Waals surface area contributed by atoms with Crippen molar-refractivity contribution in [1.29, 1.82) is 0 Å². The Morgan fingerprint density at radius 1 is 1.23 bits per heavy atom. The van der Waals surface area contributed by atoms with Crippen LogP contribution in [0.1, 0.15) is 26.7 Å². The molecule has 0 bridgehead atoms. The number of rotatable bonds is 2. The molecule has 2 nitrogen and oxygen atoms in total. The minimum Gasteiger partial charge on any atom is -0.395 e. The topological polar surface area (TPSA) is 23.5 Å². The molecule has 2 atom stereocenters. The Hall–Kier alpha value is -0.0800. The second-order valence-electron chi connectivity index (χ2n) is 5.02. The number of aliphatic hydroxyl groups excluding tert-OH is 1. The van der Waals surface area contributed by atoms with Crippen LogP contribution in [0, 0.1) is 17.3 Å². The Morgan fingerprint density at radius 3 is 2.15 bits per heavy atom. The van der Waals surface area contributed by atoms with Gasteiger partial charge in [0.1, 0.15) is 0 Å². The van der Waals surface area contributed by atoms with Crippen LogP contribution in [0.4, 0.5) is 0 Å². The summed E-state index contributed by atoms with van der Waals surface area (Å²) in [5.41, 5.74) is 0.700. The van der Waals surface area contributed by atoms with Gasteiger partial charge < -0.3 is 10.0 Å². The number of hydrogen-bond donors (Lipinski definition) is 1. The molecule has 1 aliphatic heterocycles. The lowest BCUT2D eigenvalue weighted by Crippen LogP contribution is -2.46. The van der Waals surface area contributed by atoms with E-state index < -0.39 is 0 Å². The maximum Gasteiger partial charge on any atom is 0.0558 e. The first-order chi connectivity index (χ1) is 6.19. The fraction of sp³-hybridized carbons (Fsp3) is 1.00. The van der Waals surface area contributed by atoms with E-state index >= 15 is 0 Å². The molecule has 2 unspecified atom stereocenters. The normalized spacial score (nSPS) is 38.1. The fourth-order valence-corrected chi connectivity index (χ4v) is 3.15. The molecule has 0 aromatic carbocycles. The highest BCUT2D eigenvalue weighted by molar-refractivity contribution is 5.04. The summed E-state index contributed by atoms with van der Waals surface area (Å²) < 4.78 is 0. The molecule has 1 saturated carbocycles. The van der Waals surface area contributed by atoms with Crippen molar-refractivity contribution in [3.63, 3.8) is 0 Å². The van der Waals surface area contributed by atoms with Crippen LogP contribution in [0.15, 0.2) is 0 Å². The Kier molecular flexibility index (Phi) is 2.37. The van der Waals surface area contributed by atoms with Crippen molar-refractivity contribution in [1.82, 2.24) is 4.90 Å². The van der Waals surface area contributed by atoms with Crippen molar-refractivity contribution in [2.75, 3.05) is 26.2 Å². The highest BCUT2D eigenvalue weighted by Gasteiger charge is 2.53. The molecular weight excluding hydrogens is 162 g/mol. The van der Waals surface area contributed by atoms with Crippen LogP contribution in [-0.4, -0.2) is 36.2 Å². The van der Waals surface area contributed by atoms with E-state index in [1.165, 1.54) is 25.9 Å². The SMILES string of the molecule is CC1CN(CCO)CC(C)C12CC2. The van der Waals surface area contributed by atoms with Crippen LogP contribution in [-0.2, 0) is 0 Å². The van der Waals surface area contributed by atoms with Crippen LogP contribution < -0.4 is 0 Å². The highest BCUT2D eigenvalue weighted by Crippen LogP contribution is 2.59. The Labute approximate surface area is 80.9 Å². The summed E-state index contributed by atoms with van der Waals surface area (Å²) in [7, 11) is 0. The van der Waals surface area contributed by atoms with Gasteiger partial charge in [0, 0.05) is 19.6 Å². The van der Waals surface area contributed by atoms with Gasteiger partial charge in [0.15, 0.2) is 0 Å². The van der Waals surface area contributed by atoms with Crippen LogP contribution in [0.2, 0.25) is 0 Å². The molecule has 2 fully saturated rings. The average Bonchev–Trinajstić information content (AvgIpc) is 2.82. The minimum absolute atomic E-state index is 0.312. The van der Waals surface area contributed by atoms with E-state index in [1.807, 2.05) is 0 Å². The molecule has 1 heterocycles. The van der Waals surface area contributed by atoms with Crippen LogP contribution >= 0.6 is 0 Å². The van der Waals surface area contributed by atoms with Gasteiger partial charge in [-0.3, -0.25) is 0 Å². The zero-order chi connectivity index (χ0) is 9.47. The minimum atomic E-state index is 0.312. The molecule has 0 radical (unpaired) electrons. The van der Waals surface area contributed by atoms with E-state index in [9.17, 15) is 0 Å². The van der Waals surface area contributed by atoms with E-state index in [2.05, 4.69) is 18.7 Å². The first-order valence-corrected chi connectivity index (χ1v) is 5.52. The largest absolute Gasteiger partial charge is 0.395 e. The van der Waals surface area contributed by atoms with E-state index in [4.69, 9.17) is 5.11 Å². The second kappa shape index (κ2) is 3.25. The number of piperidine rings is 1. The molecule has 76 valence electrons. The molecule has 0 aromatic heterocycles. The summed E-state index contributed by atoms with van der Waals surface area (Å²) >= 11 is 0. The molecule has 0 aromatic rings. The van der Waals surface area contributed by atoms with Gasteiger partial charge in [-0.05, 0) is 30.1 Å².